The first-order valence-corrected chi connectivity index (χ1v) is 7.97. The molecule has 0 radical (unpaired) electrons. The summed E-state index contributed by atoms with van der Waals surface area (Å²) in [6.45, 7) is 1.38. The van der Waals surface area contributed by atoms with Crippen molar-refractivity contribution in [1.29, 1.82) is 0 Å². The van der Waals surface area contributed by atoms with E-state index in [1.165, 1.54) is 0 Å². The summed E-state index contributed by atoms with van der Waals surface area (Å²) in [4.78, 5) is 17.9. The van der Waals surface area contributed by atoms with Crippen molar-refractivity contribution in [3.05, 3.63) is 65.5 Å². The van der Waals surface area contributed by atoms with Gasteiger partial charge in [0.25, 0.3) is 5.91 Å². The summed E-state index contributed by atoms with van der Waals surface area (Å²) in [6, 6.07) is 11.8. The molecule has 1 aromatic heterocycles. The lowest BCUT2D eigenvalue weighted by Gasteiger charge is -2.16. The van der Waals surface area contributed by atoms with Crippen LogP contribution in [0.5, 0.6) is 0 Å². The van der Waals surface area contributed by atoms with Gasteiger partial charge < -0.3 is 10.6 Å². The van der Waals surface area contributed by atoms with Gasteiger partial charge >= 0.3 is 6.18 Å². The molecule has 132 valence electrons. The van der Waals surface area contributed by atoms with Gasteiger partial charge in [0.15, 0.2) is 0 Å². The Labute approximate surface area is 143 Å². The Kier molecular flexibility index (Phi) is 4.76. The molecular formula is C18H18F3N3O. The van der Waals surface area contributed by atoms with Gasteiger partial charge in [-0.15, -0.1) is 0 Å². The van der Waals surface area contributed by atoms with Gasteiger partial charge in [0.05, 0.1) is 5.56 Å². The van der Waals surface area contributed by atoms with E-state index in [0.717, 1.165) is 17.7 Å². The van der Waals surface area contributed by atoms with Crippen molar-refractivity contribution in [3.63, 3.8) is 0 Å². The summed E-state index contributed by atoms with van der Waals surface area (Å²) in [5.41, 5.74) is 6.10. The molecule has 0 unspecified atom stereocenters. The Morgan fingerprint density at radius 1 is 1.16 bits per heavy atom. The van der Waals surface area contributed by atoms with E-state index in [9.17, 15) is 18.0 Å². The molecule has 4 nitrogen and oxygen atoms in total. The third-order valence-corrected chi connectivity index (χ3v) is 4.57. The maximum atomic E-state index is 12.6. The molecule has 0 bridgehead atoms. The second-order valence-electron chi connectivity index (χ2n) is 6.15. The Morgan fingerprint density at radius 2 is 1.88 bits per heavy atom. The molecule has 1 saturated heterocycles. The number of hydrogen-bond acceptors (Lipinski definition) is 3. The summed E-state index contributed by atoms with van der Waals surface area (Å²) in [5.74, 6) is -0.143. The normalized spacial score (nSPS) is 20.7. The van der Waals surface area contributed by atoms with Gasteiger partial charge in [-0.05, 0) is 30.2 Å². The summed E-state index contributed by atoms with van der Waals surface area (Å²) in [5, 5.41) is 0. The molecule has 2 N–H and O–H groups in total. The highest BCUT2D eigenvalue weighted by Gasteiger charge is 2.36. The van der Waals surface area contributed by atoms with Gasteiger partial charge in [-0.3, -0.25) is 9.78 Å². The zero-order valence-electron chi connectivity index (χ0n) is 13.4. The number of benzene rings is 1. The summed E-state index contributed by atoms with van der Waals surface area (Å²) < 4.78 is 37.8. The first-order chi connectivity index (χ1) is 11.9. The molecule has 1 aliphatic rings. The van der Waals surface area contributed by atoms with E-state index in [0.29, 0.717) is 25.8 Å². The highest BCUT2D eigenvalue weighted by Crippen LogP contribution is 2.33. The molecule has 2 heterocycles. The number of carbonyl (C=O) groups is 1. The minimum absolute atomic E-state index is 0.0116. The topological polar surface area (TPSA) is 59.2 Å². The van der Waals surface area contributed by atoms with E-state index in [-0.39, 0.29) is 23.4 Å². The van der Waals surface area contributed by atoms with Crippen LogP contribution in [-0.4, -0.2) is 35.4 Å². The second-order valence-corrected chi connectivity index (χ2v) is 6.15. The molecule has 0 saturated carbocycles. The Morgan fingerprint density at radius 3 is 2.44 bits per heavy atom. The Hall–Kier alpha value is -2.41. The fraction of sp³-hybridized carbons (Fsp3) is 0.333. The number of carbonyl (C=O) groups excluding carboxylic acids is 1. The average Bonchev–Trinajstić information content (AvgIpc) is 3.05. The molecule has 1 fully saturated rings. The molecule has 1 amide bonds. The predicted octanol–water partition coefficient (Wildman–Crippen LogP) is 2.91. The lowest BCUT2D eigenvalue weighted by Crippen LogP contribution is -2.30. The van der Waals surface area contributed by atoms with Gasteiger partial charge in [-0.25, -0.2) is 0 Å². The van der Waals surface area contributed by atoms with Gasteiger partial charge in [-0.1, -0.05) is 30.3 Å². The minimum Gasteiger partial charge on any atom is -0.336 e. The van der Waals surface area contributed by atoms with Crippen molar-refractivity contribution in [2.24, 2.45) is 11.7 Å². The van der Waals surface area contributed by atoms with Gasteiger partial charge in [0.1, 0.15) is 5.69 Å². The highest BCUT2D eigenvalue weighted by atomic mass is 19.4. The smallest absolute Gasteiger partial charge is 0.336 e. The number of nitrogens with zero attached hydrogens (tertiary/aromatic N) is 2. The third-order valence-electron chi connectivity index (χ3n) is 4.57. The van der Waals surface area contributed by atoms with Crippen LogP contribution in [0.1, 0.15) is 27.5 Å². The van der Waals surface area contributed by atoms with Gasteiger partial charge in [-0.2, -0.15) is 13.2 Å². The number of aromatic nitrogens is 1. The third kappa shape index (κ3) is 3.66. The van der Waals surface area contributed by atoms with E-state index in [2.05, 4.69) is 4.98 Å². The highest BCUT2D eigenvalue weighted by molar-refractivity contribution is 5.92. The van der Waals surface area contributed by atoms with Crippen LogP contribution >= 0.6 is 0 Å². The van der Waals surface area contributed by atoms with Crippen molar-refractivity contribution >= 4 is 5.91 Å². The largest absolute Gasteiger partial charge is 0.417 e. The molecule has 2 atom stereocenters. The van der Waals surface area contributed by atoms with Gasteiger partial charge in [0.2, 0.25) is 0 Å². The van der Waals surface area contributed by atoms with E-state index in [1.807, 2.05) is 30.3 Å². The van der Waals surface area contributed by atoms with E-state index in [4.69, 9.17) is 5.73 Å². The Bertz CT molecular complexity index is 731. The lowest BCUT2D eigenvalue weighted by molar-refractivity contribution is -0.137. The van der Waals surface area contributed by atoms with E-state index < -0.39 is 11.7 Å². The quantitative estimate of drug-likeness (QED) is 0.927. The molecule has 3 rings (SSSR count). The molecule has 1 aliphatic heterocycles. The minimum atomic E-state index is -4.47. The van der Waals surface area contributed by atoms with Crippen LogP contribution in [0.3, 0.4) is 0 Å². The van der Waals surface area contributed by atoms with Crippen molar-refractivity contribution < 1.29 is 18.0 Å². The average molecular weight is 349 g/mol. The molecule has 0 aliphatic carbocycles. The van der Waals surface area contributed by atoms with Gasteiger partial charge in [0, 0.05) is 25.2 Å². The monoisotopic (exact) mass is 349 g/mol. The standard InChI is InChI=1S/C18H18F3N3O/c19-18(20,21)14-6-7-16(23-9-14)17(25)24-10-13(8-22)15(11-24)12-4-2-1-3-5-12/h1-7,9,13,15H,8,10-11,22H2/t13-,15+/m1/s1. The number of nitrogens with two attached hydrogens (primary N) is 1. The molecule has 0 spiro atoms. The number of hydrogen-bond donors (Lipinski definition) is 1. The van der Waals surface area contributed by atoms with E-state index in [1.54, 1.807) is 4.90 Å². The van der Waals surface area contributed by atoms with E-state index >= 15 is 0 Å². The van der Waals surface area contributed by atoms with Crippen molar-refractivity contribution in [2.45, 2.75) is 12.1 Å². The number of likely N-dealkylation sites (tertiary alicyclic amines) is 1. The maximum absolute atomic E-state index is 12.6. The van der Waals surface area contributed by atoms with Crippen LogP contribution in [0.25, 0.3) is 0 Å². The van der Waals surface area contributed by atoms with Crippen LogP contribution in [0.15, 0.2) is 48.7 Å². The fourth-order valence-electron chi connectivity index (χ4n) is 3.20. The SMILES string of the molecule is NC[C@@H]1CN(C(=O)c2ccc(C(F)(F)F)cn2)C[C@H]1c1ccccc1. The number of rotatable bonds is 3. The lowest BCUT2D eigenvalue weighted by atomic mass is 9.89. The summed E-state index contributed by atoms with van der Waals surface area (Å²) >= 11 is 0. The number of pyridine rings is 1. The summed E-state index contributed by atoms with van der Waals surface area (Å²) in [6.07, 6.45) is -3.77. The molecule has 1 aromatic carbocycles. The Balaban J connectivity index is 1.77. The van der Waals surface area contributed by atoms with Crippen LogP contribution < -0.4 is 5.73 Å². The molecule has 7 heteroatoms. The molecule has 25 heavy (non-hydrogen) atoms. The molecular weight excluding hydrogens is 331 g/mol. The summed E-state index contributed by atoms with van der Waals surface area (Å²) in [7, 11) is 0. The zero-order valence-corrected chi connectivity index (χ0v) is 13.4. The first kappa shape index (κ1) is 17.4. The second kappa shape index (κ2) is 6.84. The maximum Gasteiger partial charge on any atom is 0.417 e. The van der Waals surface area contributed by atoms with Crippen LogP contribution in [0, 0.1) is 5.92 Å². The van der Waals surface area contributed by atoms with Crippen molar-refractivity contribution in [2.75, 3.05) is 19.6 Å². The first-order valence-electron chi connectivity index (χ1n) is 7.97. The zero-order chi connectivity index (χ0) is 18.0. The number of alkyl halides is 3. The number of amides is 1. The van der Waals surface area contributed by atoms with Crippen LogP contribution in [0.2, 0.25) is 0 Å². The van der Waals surface area contributed by atoms with Crippen LogP contribution in [-0.2, 0) is 6.18 Å². The predicted molar refractivity (Wildman–Crippen MR) is 86.9 cm³/mol. The van der Waals surface area contributed by atoms with Crippen LogP contribution in [0.4, 0.5) is 13.2 Å². The fourth-order valence-corrected chi connectivity index (χ4v) is 3.20. The number of halogens is 3. The van der Waals surface area contributed by atoms with Crippen molar-refractivity contribution in [3.8, 4) is 0 Å². The van der Waals surface area contributed by atoms with Crippen molar-refractivity contribution in [1.82, 2.24) is 9.88 Å². The molecule has 2 aromatic rings.